The van der Waals surface area contributed by atoms with Gasteiger partial charge in [-0.15, -0.1) is 11.3 Å². The number of fused-ring (bicyclic) bond motifs is 1. The van der Waals surface area contributed by atoms with Crippen molar-refractivity contribution >= 4 is 27.5 Å². The minimum absolute atomic E-state index is 0.0641. The summed E-state index contributed by atoms with van der Waals surface area (Å²) in [7, 11) is 3.95. The highest BCUT2D eigenvalue weighted by molar-refractivity contribution is 7.18. The molecule has 0 aliphatic rings. The molecule has 0 aliphatic heterocycles. The molecule has 5 heteroatoms. The van der Waals surface area contributed by atoms with E-state index in [0.717, 1.165) is 21.0 Å². The molecule has 2 aromatic carbocycles. The number of nitrogens with zero attached hydrogens (tertiary/aromatic N) is 2. The second kappa shape index (κ2) is 7.98. The minimum atomic E-state index is 0.0641. The first-order chi connectivity index (χ1) is 12.5. The summed E-state index contributed by atoms with van der Waals surface area (Å²) in [5.74, 6) is 0.145. The number of para-hydroxylation sites is 1. The van der Waals surface area contributed by atoms with Gasteiger partial charge in [-0.2, -0.15) is 0 Å². The number of quaternary nitrogens is 1. The molecule has 0 radical (unpaired) electrons. The van der Waals surface area contributed by atoms with Crippen LogP contribution in [0.2, 0.25) is 0 Å². The van der Waals surface area contributed by atoms with E-state index >= 15 is 0 Å². The molecule has 3 rings (SSSR count). The lowest BCUT2D eigenvalue weighted by atomic mass is 10.1. The van der Waals surface area contributed by atoms with Crippen LogP contribution < -0.4 is 4.90 Å². The van der Waals surface area contributed by atoms with Crippen LogP contribution in [-0.4, -0.2) is 36.4 Å². The van der Waals surface area contributed by atoms with Gasteiger partial charge in [0, 0.05) is 7.05 Å². The Balaban J connectivity index is 1.66. The highest BCUT2D eigenvalue weighted by Gasteiger charge is 2.25. The maximum absolute atomic E-state index is 12.8. The lowest BCUT2D eigenvalue weighted by Crippen LogP contribution is -3.10. The molecular formula is C21H26N3OS+. The smallest absolute Gasteiger partial charge is 0.278 e. The van der Waals surface area contributed by atoms with Crippen molar-refractivity contribution in [2.24, 2.45) is 0 Å². The Kier molecular flexibility index (Phi) is 5.69. The molecule has 1 amide bonds. The first kappa shape index (κ1) is 18.5. The zero-order valence-electron chi connectivity index (χ0n) is 15.8. The van der Waals surface area contributed by atoms with Crippen LogP contribution in [0.3, 0.4) is 0 Å². The Morgan fingerprint density at radius 3 is 2.46 bits per heavy atom. The molecule has 0 aliphatic carbocycles. The number of carbonyl (C=O) groups excluding carboxylic acids is 1. The Hall–Kier alpha value is -2.24. The molecule has 0 spiro atoms. The normalized spacial score (nSPS) is 14.8. The van der Waals surface area contributed by atoms with Crippen LogP contribution in [0.15, 0.2) is 54.6 Å². The molecule has 1 aromatic heterocycles. The molecule has 1 N–H and O–H groups in total. The summed E-state index contributed by atoms with van der Waals surface area (Å²) >= 11 is 1.72. The number of hydrogen-bond donors (Lipinski definition) is 1. The van der Waals surface area contributed by atoms with Crippen molar-refractivity contribution < 1.29 is 9.69 Å². The van der Waals surface area contributed by atoms with E-state index in [0.29, 0.717) is 6.54 Å². The minimum Gasteiger partial charge on any atom is -0.334 e. The van der Waals surface area contributed by atoms with E-state index in [9.17, 15) is 4.79 Å². The highest BCUT2D eigenvalue weighted by atomic mass is 32.1. The van der Waals surface area contributed by atoms with Gasteiger partial charge in [-0.3, -0.25) is 4.79 Å². The average molecular weight is 369 g/mol. The number of amides is 1. The van der Waals surface area contributed by atoms with Gasteiger partial charge in [0.1, 0.15) is 6.04 Å². The fourth-order valence-electron chi connectivity index (χ4n) is 2.97. The molecular weight excluding hydrogens is 342 g/mol. The van der Waals surface area contributed by atoms with Gasteiger partial charge >= 0.3 is 0 Å². The topological polar surface area (TPSA) is 37.6 Å². The summed E-state index contributed by atoms with van der Waals surface area (Å²) in [6.45, 7) is 4.66. The summed E-state index contributed by atoms with van der Waals surface area (Å²) in [6, 6.07) is 18.6. The molecule has 136 valence electrons. The summed E-state index contributed by atoms with van der Waals surface area (Å²) in [6.07, 6.45) is 0. The molecule has 0 bridgehead atoms. The fraction of sp³-hybridized carbons (Fsp3) is 0.333. The molecule has 3 aromatic rings. The van der Waals surface area contributed by atoms with Crippen molar-refractivity contribution in [2.75, 3.05) is 20.6 Å². The lowest BCUT2D eigenvalue weighted by molar-refractivity contribution is -0.902. The van der Waals surface area contributed by atoms with Crippen molar-refractivity contribution in [1.82, 2.24) is 9.88 Å². The van der Waals surface area contributed by atoms with Crippen LogP contribution in [0.25, 0.3) is 10.2 Å². The third-order valence-corrected chi connectivity index (χ3v) is 6.33. The van der Waals surface area contributed by atoms with Gasteiger partial charge in [0.05, 0.1) is 23.3 Å². The molecule has 1 heterocycles. The van der Waals surface area contributed by atoms with E-state index in [1.165, 1.54) is 4.70 Å². The summed E-state index contributed by atoms with van der Waals surface area (Å²) in [5, 5.41) is 1.08. The Bertz CT molecular complexity index is 844. The Labute approximate surface area is 159 Å². The lowest BCUT2D eigenvalue weighted by Gasteiger charge is -2.27. The van der Waals surface area contributed by atoms with Crippen molar-refractivity contribution in [2.45, 2.75) is 25.9 Å². The van der Waals surface area contributed by atoms with Crippen molar-refractivity contribution in [1.29, 1.82) is 0 Å². The third-order valence-electron chi connectivity index (χ3n) is 5.11. The standard InChI is InChI=1S/C21H25N3OS/c1-15(17-10-6-5-7-11-17)24(4)20(25)14-23(3)16(2)21-22-18-12-8-9-13-19(18)26-21/h5-13,15-16H,14H2,1-4H3/p+1/t15-,16+/m1/s1. The van der Waals surface area contributed by atoms with Gasteiger partial charge in [0.2, 0.25) is 0 Å². The Morgan fingerprint density at radius 1 is 1.12 bits per heavy atom. The first-order valence-corrected chi connectivity index (χ1v) is 9.77. The molecule has 4 nitrogen and oxygen atoms in total. The van der Waals surface area contributed by atoms with Crippen LogP contribution in [0.1, 0.15) is 36.5 Å². The maximum Gasteiger partial charge on any atom is 0.278 e. The second-order valence-corrected chi connectivity index (χ2v) is 7.92. The summed E-state index contributed by atoms with van der Waals surface area (Å²) in [5.41, 5.74) is 2.19. The number of thiazole rings is 1. The van der Waals surface area contributed by atoms with Crippen LogP contribution in [0.4, 0.5) is 0 Å². The summed E-state index contributed by atoms with van der Waals surface area (Å²) < 4.78 is 1.20. The van der Waals surface area contributed by atoms with Crippen LogP contribution in [0, 0.1) is 0 Å². The van der Waals surface area contributed by atoms with E-state index in [2.05, 4.69) is 39.1 Å². The van der Waals surface area contributed by atoms with E-state index in [1.807, 2.05) is 48.3 Å². The molecule has 1 unspecified atom stereocenters. The largest absolute Gasteiger partial charge is 0.334 e. The van der Waals surface area contributed by atoms with Crippen LogP contribution in [0.5, 0.6) is 0 Å². The zero-order chi connectivity index (χ0) is 18.7. The second-order valence-electron chi connectivity index (χ2n) is 6.86. The Morgan fingerprint density at radius 2 is 1.77 bits per heavy atom. The van der Waals surface area contributed by atoms with Gasteiger partial charge in [-0.25, -0.2) is 4.98 Å². The fourth-order valence-corrected chi connectivity index (χ4v) is 4.09. The van der Waals surface area contributed by atoms with Crippen molar-refractivity contribution in [3.8, 4) is 0 Å². The monoisotopic (exact) mass is 368 g/mol. The third kappa shape index (κ3) is 3.94. The first-order valence-electron chi connectivity index (χ1n) is 8.95. The molecule has 0 fully saturated rings. The SMILES string of the molecule is C[C@H](c1ccccc1)N(C)C(=O)C[NH+](C)[C@@H](C)c1nc2ccccc2s1. The zero-order valence-corrected chi connectivity index (χ0v) is 16.6. The van der Waals surface area contributed by atoms with E-state index in [-0.39, 0.29) is 18.0 Å². The van der Waals surface area contributed by atoms with Crippen molar-refractivity contribution in [3.05, 3.63) is 65.2 Å². The van der Waals surface area contributed by atoms with E-state index in [4.69, 9.17) is 4.98 Å². The number of hydrogen-bond acceptors (Lipinski definition) is 3. The van der Waals surface area contributed by atoms with Gasteiger partial charge in [-0.05, 0) is 31.5 Å². The van der Waals surface area contributed by atoms with Gasteiger partial charge in [0.15, 0.2) is 11.6 Å². The molecule has 3 atom stereocenters. The number of carbonyl (C=O) groups is 1. The van der Waals surface area contributed by atoms with Crippen LogP contribution in [-0.2, 0) is 4.79 Å². The number of rotatable bonds is 6. The average Bonchev–Trinajstić information content (AvgIpc) is 3.10. The predicted octanol–water partition coefficient (Wildman–Crippen LogP) is 3.09. The predicted molar refractivity (Wildman–Crippen MR) is 107 cm³/mol. The van der Waals surface area contributed by atoms with Gasteiger partial charge in [-0.1, -0.05) is 42.5 Å². The number of benzene rings is 2. The highest BCUT2D eigenvalue weighted by Crippen LogP contribution is 2.24. The van der Waals surface area contributed by atoms with E-state index in [1.54, 1.807) is 11.3 Å². The van der Waals surface area contributed by atoms with Gasteiger partial charge < -0.3 is 9.80 Å². The molecule has 0 saturated carbocycles. The number of nitrogens with one attached hydrogen (secondary N) is 1. The van der Waals surface area contributed by atoms with Crippen LogP contribution >= 0.6 is 11.3 Å². The van der Waals surface area contributed by atoms with Crippen molar-refractivity contribution in [3.63, 3.8) is 0 Å². The number of likely N-dealkylation sites (N-methyl/N-ethyl adjacent to an activating group) is 2. The van der Waals surface area contributed by atoms with E-state index < -0.39 is 0 Å². The van der Waals surface area contributed by atoms with Gasteiger partial charge in [0.25, 0.3) is 5.91 Å². The quantitative estimate of drug-likeness (QED) is 0.726. The number of aromatic nitrogens is 1. The maximum atomic E-state index is 12.8. The molecule has 0 saturated heterocycles. The molecule has 26 heavy (non-hydrogen) atoms. The summed E-state index contributed by atoms with van der Waals surface area (Å²) in [4.78, 5) is 20.5.